The van der Waals surface area contributed by atoms with Crippen LogP contribution >= 0.6 is 0 Å². The van der Waals surface area contributed by atoms with Crippen LogP contribution in [0.2, 0.25) is 0 Å². The minimum atomic E-state index is -1.05. The summed E-state index contributed by atoms with van der Waals surface area (Å²) in [7, 11) is 0. The number of amides is 2. The van der Waals surface area contributed by atoms with Gasteiger partial charge in [-0.25, -0.2) is 9.59 Å². The van der Waals surface area contributed by atoms with Gasteiger partial charge in [0.25, 0.3) is 0 Å². The van der Waals surface area contributed by atoms with Crippen LogP contribution < -0.4 is 15.4 Å². The summed E-state index contributed by atoms with van der Waals surface area (Å²) in [5.74, 6) is 3.43. The average Bonchev–Trinajstić information content (AvgIpc) is 4.41. The number of carbonyl (C=O) groups excluding carboxylic acids is 3. The Morgan fingerprint density at radius 1 is 0.549 bits per heavy atom. The summed E-state index contributed by atoms with van der Waals surface area (Å²) in [6.45, 7) is 18.3. The van der Waals surface area contributed by atoms with Crippen molar-refractivity contribution < 1.29 is 44.7 Å². The van der Waals surface area contributed by atoms with Gasteiger partial charge in [0.15, 0.2) is 0 Å². The fourth-order valence-electron chi connectivity index (χ4n) is 11.9. The number of para-hydroxylation sites is 2. The smallest absolute Gasteiger partial charge is 0.411 e. The Morgan fingerprint density at radius 2 is 1.06 bits per heavy atom. The molecular formula is C69H86N4O9. The van der Waals surface area contributed by atoms with Gasteiger partial charge in [0, 0.05) is 58.2 Å². The predicted molar refractivity (Wildman–Crippen MR) is 327 cm³/mol. The molecule has 5 atom stereocenters. The van der Waals surface area contributed by atoms with Gasteiger partial charge in [-0.3, -0.25) is 25.1 Å². The zero-order valence-corrected chi connectivity index (χ0v) is 48.8. The summed E-state index contributed by atoms with van der Waals surface area (Å²) in [6, 6.07) is 51.7. The van der Waals surface area contributed by atoms with E-state index in [1.807, 2.05) is 151 Å². The molecule has 2 amide bonds. The standard InChI is InChI=1S/C35H42N2O5.C21H31NO2.C13H11NO2.H2/c1-35(2,3)42-33(38)18-20-40-29-15-13-25(14-16-29)17-19-37-23-27-21-30(22-28(27)24-37)41-34(39)36-32-12-8-7-11-31(32)26-9-5-4-6-10-26;1-21(2,3)24-20(23)11-10-16-6-4-7-17(12-16)13-22-14-18-8-5-9-19(18)15-22;15-13(16)14-12-9-5-4-8-11(12)10-6-2-1-3-7-10;/h4-16,27-28,30H,17-24H2,1-3H3,(H,36,39);4,6-7,12,18-19H,5,8-11,13-15H2,1-3H3;1-9,14H,(H,15,16);1H/t27-,28+,30?;18-,19+;;. The molecule has 4 fully saturated rings. The highest BCUT2D eigenvalue weighted by Gasteiger charge is 2.42. The second-order valence-corrected chi connectivity index (χ2v) is 24.3. The fourth-order valence-corrected chi connectivity index (χ4v) is 11.9. The molecule has 2 aliphatic carbocycles. The lowest BCUT2D eigenvalue weighted by molar-refractivity contribution is -0.156. The monoisotopic (exact) mass is 1110 g/mol. The molecule has 82 heavy (non-hydrogen) atoms. The third kappa shape index (κ3) is 19.3. The van der Waals surface area contributed by atoms with E-state index in [1.165, 1.54) is 49.0 Å². The third-order valence-electron chi connectivity index (χ3n) is 15.4. The molecule has 3 N–H and O–H groups in total. The first-order valence-corrected chi connectivity index (χ1v) is 29.3. The summed E-state index contributed by atoms with van der Waals surface area (Å²) in [5.41, 5.74) is 8.27. The molecule has 13 heteroatoms. The van der Waals surface area contributed by atoms with Crippen LogP contribution in [0.4, 0.5) is 21.0 Å². The third-order valence-corrected chi connectivity index (χ3v) is 15.4. The van der Waals surface area contributed by atoms with Gasteiger partial charge in [-0.15, -0.1) is 0 Å². The number of carbonyl (C=O) groups is 4. The number of aryl methyl sites for hydroxylation is 1. The highest BCUT2D eigenvalue weighted by Crippen LogP contribution is 2.41. The van der Waals surface area contributed by atoms with Crippen molar-refractivity contribution in [2.45, 2.75) is 123 Å². The lowest BCUT2D eigenvalue weighted by atomic mass is 10.0. The Labute approximate surface area is 487 Å². The van der Waals surface area contributed by atoms with Crippen molar-refractivity contribution in [1.29, 1.82) is 0 Å². The molecule has 6 aromatic rings. The van der Waals surface area contributed by atoms with Gasteiger partial charge in [-0.05, 0) is 156 Å². The highest BCUT2D eigenvalue weighted by molar-refractivity contribution is 5.92. The molecule has 0 radical (unpaired) electrons. The number of hydrogen-bond acceptors (Lipinski definition) is 10. The summed E-state index contributed by atoms with van der Waals surface area (Å²) in [4.78, 5) is 52.3. The van der Waals surface area contributed by atoms with E-state index in [4.69, 9.17) is 24.1 Å². The molecule has 1 unspecified atom stereocenters. The van der Waals surface area contributed by atoms with E-state index in [0.29, 0.717) is 30.6 Å². The number of anilines is 2. The Morgan fingerprint density at radius 3 is 1.62 bits per heavy atom. The lowest BCUT2D eigenvalue weighted by Crippen LogP contribution is -2.27. The molecule has 13 nitrogen and oxygen atoms in total. The van der Waals surface area contributed by atoms with E-state index in [2.05, 4.69) is 56.8 Å². The predicted octanol–water partition coefficient (Wildman–Crippen LogP) is 14.8. The van der Waals surface area contributed by atoms with E-state index in [-0.39, 0.29) is 32.0 Å². The zero-order chi connectivity index (χ0) is 58.1. The number of carboxylic acid groups (broad SMARTS) is 1. The number of nitrogens with zero attached hydrogens (tertiary/aromatic N) is 2. The van der Waals surface area contributed by atoms with Crippen LogP contribution in [0.3, 0.4) is 0 Å². The number of nitrogens with one attached hydrogen (secondary N) is 2. The van der Waals surface area contributed by atoms with Crippen molar-refractivity contribution in [1.82, 2.24) is 9.80 Å². The van der Waals surface area contributed by atoms with E-state index < -0.39 is 17.3 Å². The largest absolute Gasteiger partial charge is 0.493 e. The molecule has 2 saturated heterocycles. The van der Waals surface area contributed by atoms with E-state index in [9.17, 15) is 19.2 Å². The lowest BCUT2D eigenvalue weighted by Gasteiger charge is -2.20. The van der Waals surface area contributed by atoms with Crippen LogP contribution in [-0.4, -0.2) is 95.7 Å². The number of benzene rings is 6. The molecule has 10 rings (SSSR count). The SMILES string of the molecule is CC(C)(C)OC(=O)CCOc1ccc(CCN2C[C@H]3CC(OC(=O)Nc4ccccc4-c4ccccc4)C[C@H]3C2)cc1.CC(C)(C)OC(=O)CCc1cccc(CN2C[C@H]3CCC[C@H]3C2)c1.O=C(O)Nc1ccccc1-c1ccccc1.[HH]. The molecule has 0 bridgehead atoms. The van der Waals surface area contributed by atoms with Crippen LogP contribution in [-0.2, 0) is 43.2 Å². The van der Waals surface area contributed by atoms with Gasteiger partial charge in [0.1, 0.15) is 23.1 Å². The van der Waals surface area contributed by atoms with Crippen LogP contribution in [0.25, 0.3) is 22.3 Å². The quantitative estimate of drug-likeness (QED) is 0.0590. The number of esters is 2. The maximum Gasteiger partial charge on any atom is 0.411 e. The molecule has 2 aliphatic heterocycles. The van der Waals surface area contributed by atoms with Crippen LogP contribution in [0, 0.1) is 23.7 Å². The summed E-state index contributed by atoms with van der Waals surface area (Å²) in [5, 5.41) is 14.1. The minimum absolute atomic E-state index is 0. The van der Waals surface area contributed by atoms with Crippen LogP contribution in [0.1, 0.15) is 105 Å². The number of fused-ring (bicyclic) bond motifs is 2. The first-order chi connectivity index (χ1) is 39.4. The Bertz CT molecular complexity index is 2990. The second kappa shape index (κ2) is 29.0. The summed E-state index contributed by atoms with van der Waals surface area (Å²) >= 11 is 0. The van der Waals surface area contributed by atoms with Crippen molar-refractivity contribution in [2.24, 2.45) is 23.7 Å². The van der Waals surface area contributed by atoms with E-state index in [0.717, 1.165) is 97.4 Å². The van der Waals surface area contributed by atoms with Crippen molar-refractivity contribution in [3.8, 4) is 28.0 Å². The van der Waals surface area contributed by atoms with Gasteiger partial charge >= 0.3 is 24.1 Å². The maximum absolute atomic E-state index is 12.8. The van der Waals surface area contributed by atoms with Crippen molar-refractivity contribution in [3.05, 3.63) is 174 Å². The van der Waals surface area contributed by atoms with E-state index in [1.54, 1.807) is 12.1 Å². The van der Waals surface area contributed by atoms with Gasteiger partial charge in [-0.1, -0.05) is 140 Å². The summed E-state index contributed by atoms with van der Waals surface area (Å²) < 4.78 is 22.3. The van der Waals surface area contributed by atoms with Crippen molar-refractivity contribution >= 4 is 35.5 Å². The topological polar surface area (TPSA) is 156 Å². The summed E-state index contributed by atoms with van der Waals surface area (Å²) in [6.07, 6.45) is 7.08. The molecule has 0 spiro atoms. The minimum Gasteiger partial charge on any atom is -0.493 e. The molecular weight excluding hydrogens is 1030 g/mol. The van der Waals surface area contributed by atoms with Gasteiger partial charge in [-0.2, -0.15) is 0 Å². The Balaban J connectivity index is 0.000000202. The molecule has 6 aromatic carbocycles. The Kier molecular flexibility index (Phi) is 21.4. The number of likely N-dealkylation sites (tertiary alicyclic amines) is 2. The molecule has 4 aliphatic rings. The van der Waals surface area contributed by atoms with Gasteiger partial charge in [0.05, 0.1) is 24.4 Å². The van der Waals surface area contributed by atoms with Crippen molar-refractivity contribution in [3.63, 3.8) is 0 Å². The van der Waals surface area contributed by atoms with Crippen LogP contribution in [0.15, 0.2) is 158 Å². The number of rotatable bonds is 17. The van der Waals surface area contributed by atoms with Crippen molar-refractivity contribution in [2.75, 3.05) is 50.0 Å². The van der Waals surface area contributed by atoms with Gasteiger partial charge in [0.2, 0.25) is 0 Å². The Hall–Kier alpha value is -7.48. The first kappa shape index (κ1) is 60.6. The average molecular weight is 1120 g/mol. The normalized spacial score (nSPS) is 19.3. The molecule has 0 aromatic heterocycles. The first-order valence-electron chi connectivity index (χ1n) is 29.3. The van der Waals surface area contributed by atoms with Gasteiger partial charge < -0.3 is 29.0 Å². The molecule has 2 heterocycles. The van der Waals surface area contributed by atoms with Crippen LogP contribution in [0.5, 0.6) is 5.75 Å². The molecule has 2 saturated carbocycles. The van der Waals surface area contributed by atoms with E-state index >= 15 is 0 Å². The number of hydrogen-bond donors (Lipinski definition) is 3. The number of ether oxygens (including phenoxy) is 4. The maximum atomic E-state index is 12.8. The fraction of sp³-hybridized carbons (Fsp3) is 0.420. The second-order valence-electron chi connectivity index (χ2n) is 24.3. The zero-order valence-electron chi connectivity index (χ0n) is 48.8. The molecule has 436 valence electrons. The highest BCUT2D eigenvalue weighted by atomic mass is 16.6.